The molecule has 0 aliphatic heterocycles. The molecular formula is C27H31BrN6O5. The van der Waals surface area contributed by atoms with Crippen molar-refractivity contribution >= 4 is 61.8 Å². The van der Waals surface area contributed by atoms with Gasteiger partial charge < -0.3 is 25.4 Å². The first-order valence-corrected chi connectivity index (χ1v) is 13.0. The Labute approximate surface area is 235 Å². The summed E-state index contributed by atoms with van der Waals surface area (Å²) in [7, 11) is 3.29. The molecule has 206 valence electrons. The number of rotatable bonds is 13. The molecule has 1 aromatic heterocycles. The maximum Gasteiger partial charge on any atom is 0.320 e. The number of esters is 1. The summed E-state index contributed by atoms with van der Waals surface area (Å²) in [6.07, 6.45) is 4.39. The first kappa shape index (κ1) is 29.5. The van der Waals surface area contributed by atoms with Crippen molar-refractivity contribution < 1.29 is 23.9 Å². The van der Waals surface area contributed by atoms with Crippen molar-refractivity contribution in [3.8, 4) is 5.75 Å². The zero-order chi connectivity index (χ0) is 28.2. The van der Waals surface area contributed by atoms with Crippen molar-refractivity contribution in [3.05, 3.63) is 59.4 Å². The Morgan fingerprint density at radius 1 is 1.10 bits per heavy atom. The van der Waals surface area contributed by atoms with Gasteiger partial charge in [-0.2, -0.15) is 0 Å². The first-order valence-electron chi connectivity index (χ1n) is 12.3. The van der Waals surface area contributed by atoms with Gasteiger partial charge in [0, 0.05) is 46.9 Å². The average molecular weight is 599 g/mol. The van der Waals surface area contributed by atoms with Crippen LogP contribution in [0.4, 0.5) is 17.2 Å². The van der Waals surface area contributed by atoms with Gasteiger partial charge in [-0.3, -0.25) is 19.3 Å². The van der Waals surface area contributed by atoms with E-state index >= 15 is 0 Å². The molecule has 0 saturated carbocycles. The second kappa shape index (κ2) is 14.8. The van der Waals surface area contributed by atoms with Crippen LogP contribution >= 0.6 is 15.9 Å². The van der Waals surface area contributed by atoms with E-state index in [9.17, 15) is 14.4 Å². The van der Waals surface area contributed by atoms with E-state index < -0.39 is 11.8 Å². The van der Waals surface area contributed by atoms with Crippen LogP contribution in [0.25, 0.3) is 10.9 Å². The van der Waals surface area contributed by atoms with Crippen molar-refractivity contribution in [1.29, 1.82) is 0 Å². The number of hydrogen-bond acceptors (Lipinski definition) is 9. The summed E-state index contributed by atoms with van der Waals surface area (Å²) in [5.74, 6) is -0.231. The Morgan fingerprint density at radius 2 is 1.90 bits per heavy atom. The van der Waals surface area contributed by atoms with Gasteiger partial charge in [0.05, 0.1) is 31.5 Å². The van der Waals surface area contributed by atoms with Gasteiger partial charge in [-0.05, 0) is 44.7 Å². The first-order chi connectivity index (χ1) is 18.8. The molecule has 1 heterocycles. The number of anilines is 3. The number of methoxy groups -OCH3 is 1. The molecule has 0 saturated heterocycles. The molecule has 0 atom stereocenters. The molecule has 2 amide bonds. The highest BCUT2D eigenvalue weighted by Gasteiger charge is 2.13. The predicted molar refractivity (Wildman–Crippen MR) is 153 cm³/mol. The monoisotopic (exact) mass is 598 g/mol. The summed E-state index contributed by atoms with van der Waals surface area (Å²) in [6, 6.07) is 11.1. The van der Waals surface area contributed by atoms with E-state index in [4.69, 9.17) is 9.47 Å². The lowest BCUT2D eigenvalue weighted by atomic mass is 10.2. The molecule has 3 rings (SSSR count). The van der Waals surface area contributed by atoms with Gasteiger partial charge in [0.15, 0.2) is 0 Å². The molecule has 0 aliphatic carbocycles. The van der Waals surface area contributed by atoms with Crippen LogP contribution in [0.15, 0.2) is 59.4 Å². The number of carbonyl (C=O) groups excluding carboxylic acids is 3. The normalized spacial score (nSPS) is 11.0. The second-order valence-corrected chi connectivity index (χ2v) is 9.35. The van der Waals surface area contributed by atoms with Crippen LogP contribution in [0, 0.1) is 0 Å². The van der Waals surface area contributed by atoms with Crippen LogP contribution in [-0.4, -0.2) is 73.1 Å². The van der Waals surface area contributed by atoms with E-state index in [-0.39, 0.29) is 12.5 Å². The van der Waals surface area contributed by atoms with Crippen LogP contribution in [0.5, 0.6) is 5.75 Å². The van der Waals surface area contributed by atoms with Gasteiger partial charge >= 0.3 is 5.97 Å². The molecule has 0 aliphatic rings. The summed E-state index contributed by atoms with van der Waals surface area (Å²) in [5, 5.41) is 9.40. The molecule has 12 heteroatoms. The van der Waals surface area contributed by atoms with Crippen molar-refractivity contribution in [1.82, 2.24) is 20.2 Å². The number of hydrogen-bond donors (Lipinski definition) is 3. The van der Waals surface area contributed by atoms with Gasteiger partial charge in [0.25, 0.3) is 0 Å². The number of ether oxygens (including phenoxy) is 2. The van der Waals surface area contributed by atoms with E-state index in [1.807, 2.05) is 29.2 Å². The highest BCUT2D eigenvalue weighted by Crippen LogP contribution is 2.33. The molecule has 0 unspecified atom stereocenters. The number of halogens is 1. The van der Waals surface area contributed by atoms with E-state index in [0.717, 1.165) is 22.3 Å². The van der Waals surface area contributed by atoms with Crippen LogP contribution < -0.4 is 20.7 Å². The van der Waals surface area contributed by atoms with Crippen LogP contribution in [0.1, 0.15) is 13.3 Å². The lowest BCUT2D eigenvalue weighted by Gasteiger charge is -2.15. The van der Waals surface area contributed by atoms with Crippen molar-refractivity contribution in [2.45, 2.75) is 13.3 Å². The number of benzene rings is 2. The highest BCUT2D eigenvalue weighted by molar-refractivity contribution is 9.10. The maximum absolute atomic E-state index is 12.6. The third-order valence-corrected chi connectivity index (χ3v) is 5.90. The zero-order valence-corrected chi connectivity index (χ0v) is 23.6. The van der Waals surface area contributed by atoms with E-state index in [1.54, 1.807) is 26.1 Å². The standard InChI is InChI=1S/C27H31BrN6O5/c1-4-39-26(37)16-34(2)12-6-11-29-24(35)9-10-25(36)33-22-14-20-21(15-23(22)38-3)30-17-31-27(20)32-19-8-5-7-18(28)13-19/h5,7-10,13-15,17H,4,6,11-12,16H2,1-3H3,(H,29,35)(H,33,36)(H,30,31,32)/b10-9+. The van der Waals surface area contributed by atoms with Gasteiger partial charge in [-0.15, -0.1) is 0 Å². The molecule has 3 N–H and O–H groups in total. The van der Waals surface area contributed by atoms with Crippen molar-refractivity contribution in [3.63, 3.8) is 0 Å². The van der Waals surface area contributed by atoms with Crippen LogP contribution in [0.3, 0.4) is 0 Å². The maximum atomic E-state index is 12.6. The van der Waals surface area contributed by atoms with Gasteiger partial charge in [-0.1, -0.05) is 22.0 Å². The number of aromatic nitrogens is 2. The molecule has 0 bridgehead atoms. The quantitative estimate of drug-likeness (QED) is 0.153. The summed E-state index contributed by atoms with van der Waals surface area (Å²) in [5.41, 5.74) is 1.85. The number of nitrogens with one attached hydrogen (secondary N) is 3. The third kappa shape index (κ3) is 9.34. The lowest BCUT2D eigenvalue weighted by Crippen LogP contribution is -2.31. The minimum absolute atomic E-state index is 0.188. The Morgan fingerprint density at radius 3 is 2.64 bits per heavy atom. The number of nitrogens with zero attached hydrogens (tertiary/aromatic N) is 3. The SMILES string of the molecule is CCOC(=O)CN(C)CCCNC(=O)/C=C/C(=O)Nc1cc2c(Nc3cccc(Br)c3)ncnc2cc1OC. The zero-order valence-electron chi connectivity index (χ0n) is 22.0. The molecular weight excluding hydrogens is 568 g/mol. The topological polar surface area (TPSA) is 135 Å². The summed E-state index contributed by atoms with van der Waals surface area (Å²) >= 11 is 3.45. The van der Waals surface area contributed by atoms with E-state index in [2.05, 4.69) is 41.8 Å². The minimum atomic E-state index is -0.504. The van der Waals surface area contributed by atoms with Crippen LogP contribution in [0.2, 0.25) is 0 Å². The summed E-state index contributed by atoms with van der Waals surface area (Å²) in [6.45, 7) is 3.29. The Bertz CT molecular complexity index is 1350. The average Bonchev–Trinajstić information content (AvgIpc) is 2.90. The van der Waals surface area contributed by atoms with Gasteiger partial charge in [0.1, 0.15) is 17.9 Å². The number of fused-ring (bicyclic) bond motifs is 1. The van der Waals surface area contributed by atoms with Gasteiger partial charge in [-0.25, -0.2) is 9.97 Å². The lowest BCUT2D eigenvalue weighted by molar-refractivity contribution is -0.144. The van der Waals surface area contributed by atoms with E-state index in [1.165, 1.54) is 13.4 Å². The minimum Gasteiger partial charge on any atom is -0.494 e. The van der Waals surface area contributed by atoms with Crippen molar-refractivity contribution in [2.24, 2.45) is 0 Å². The summed E-state index contributed by atoms with van der Waals surface area (Å²) < 4.78 is 11.3. The molecule has 0 spiro atoms. The number of likely N-dealkylation sites (N-methyl/N-ethyl adjacent to an activating group) is 1. The highest BCUT2D eigenvalue weighted by atomic mass is 79.9. The Kier molecular flexibility index (Phi) is 11.2. The predicted octanol–water partition coefficient (Wildman–Crippen LogP) is 3.64. The Balaban J connectivity index is 1.59. The molecule has 0 fully saturated rings. The fraction of sp³-hybridized carbons (Fsp3) is 0.296. The third-order valence-electron chi connectivity index (χ3n) is 5.41. The molecule has 3 aromatic rings. The fourth-order valence-electron chi connectivity index (χ4n) is 3.60. The molecule has 0 radical (unpaired) electrons. The smallest absolute Gasteiger partial charge is 0.320 e. The van der Waals surface area contributed by atoms with Gasteiger partial charge in [0.2, 0.25) is 11.8 Å². The molecule has 39 heavy (non-hydrogen) atoms. The number of carbonyl (C=O) groups is 3. The molecule has 2 aromatic carbocycles. The Hall–Kier alpha value is -4.03. The number of amides is 2. The van der Waals surface area contributed by atoms with Crippen molar-refractivity contribution in [2.75, 3.05) is 51.0 Å². The van der Waals surface area contributed by atoms with E-state index in [0.29, 0.717) is 54.3 Å². The largest absolute Gasteiger partial charge is 0.494 e. The summed E-state index contributed by atoms with van der Waals surface area (Å²) in [4.78, 5) is 46.7. The van der Waals surface area contributed by atoms with Crippen LogP contribution in [-0.2, 0) is 19.1 Å². The molecule has 11 nitrogen and oxygen atoms in total. The fourth-order valence-corrected chi connectivity index (χ4v) is 4.00. The second-order valence-electron chi connectivity index (χ2n) is 8.44.